The van der Waals surface area contributed by atoms with E-state index in [4.69, 9.17) is 10.7 Å². The predicted molar refractivity (Wildman–Crippen MR) is 136 cm³/mol. The minimum Gasteiger partial charge on any atom is -0.338 e. The van der Waals surface area contributed by atoms with Crippen LogP contribution in [0.25, 0.3) is 10.1 Å². The van der Waals surface area contributed by atoms with E-state index in [0.717, 1.165) is 10.1 Å². The van der Waals surface area contributed by atoms with Crippen molar-refractivity contribution < 1.29 is 14.4 Å². The van der Waals surface area contributed by atoms with Gasteiger partial charge in [-0.2, -0.15) is 0 Å². The van der Waals surface area contributed by atoms with Crippen molar-refractivity contribution in [2.45, 2.75) is 38.4 Å². The molecule has 5 N–H and O–H groups in total. The van der Waals surface area contributed by atoms with Gasteiger partial charge in [-0.05, 0) is 25.8 Å². The number of amidine groups is 1. The molecule has 12 nitrogen and oxygen atoms in total. The summed E-state index contributed by atoms with van der Waals surface area (Å²) in [4.78, 5) is 45.2. The lowest BCUT2D eigenvalue weighted by Gasteiger charge is -2.35. The average molecular weight is 510 g/mol. The summed E-state index contributed by atoms with van der Waals surface area (Å²) in [6, 6.07) is 7.23. The topological polar surface area (TPSA) is 160 Å². The second-order valence-electron chi connectivity index (χ2n) is 8.73. The summed E-state index contributed by atoms with van der Waals surface area (Å²) in [5.41, 5.74) is 5.81. The molecule has 0 bridgehead atoms. The van der Waals surface area contributed by atoms with Crippen LogP contribution in [-0.2, 0) is 17.9 Å². The number of hydrogen-bond donors (Lipinski definition) is 4. The van der Waals surface area contributed by atoms with E-state index in [2.05, 4.69) is 26.3 Å². The highest BCUT2D eigenvalue weighted by Crippen LogP contribution is 2.38. The van der Waals surface area contributed by atoms with E-state index in [-0.39, 0.29) is 24.4 Å². The molecule has 0 unspecified atom stereocenters. The molecular formula is C23H27N9O3S. The number of fused-ring (bicyclic) bond motifs is 1. The number of nitrogens with two attached hydrogens (primary N) is 1. The van der Waals surface area contributed by atoms with Crippen LogP contribution in [0.15, 0.2) is 35.5 Å². The van der Waals surface area contributed by atoms with E-state index in [1.165, 1.54) is 11.3 Å². The molecule has 36 heavy (non-hydrogen) atoms. The largest absolute Gasteiger partial charge is 0.338 e. The van der Waals surface area contributed by atoms with Crippen LogP contribution in [0.1, 0.15) is 35.8 Å². The van der Waals surface area contributed by atoms with Gasteiger partial charge in [0.05, 0.1) is 17.5 Å². The number of benzene rings is 1. The number of aromatic nitrogens is 3. The third kappa shape index (κ3) is 4.42. The number of carbonyl (C=O) groups is 3. The molecule has 0 aliphatic carbocycles. The minimum atomic E-state index is -0.901. The number of amides is 4. The van der Waals surface area contributed by atoms with Crippen molar-refractivity contribution in [3.63, 3.8) is 0 Å². The van der Waals surface area contributed by atoms with Gasteiger partial charge >= 0.3 is 6.03 Å². The molecule has 0 saturated carbocycles. The molecular weight excluding hydrogens is 482 g/mol. The second kappa shape index (κ2) is 9.66. The highest BCUT2D eigenvalue weighted by molar-refractivity contribution is 7.23. The van der Waals surface area contributed by atoms with Crippen molar-refractivity contribution in [2.75, 3.05) is 25.0 Å². The van der Waals surface area contributed by atoms with Crippen molar-refractivity contribution in [1.29, 1.82) is 0 Å². The summed E-state index contributed by atoms with van der Waals surface area (Å²) >= 11 is 1.37. The molecule has 2 aromatic heterocycles. The molecule has 1 fully saturated rings. The van der Waals surface area contributed by atoms with E-state index < -0.39 is 5.54 Å². The van der Waals surface area contributed by atoms with Crippen LogP contribution < -0.4 is 21.7 Å². The van der Waals surface area contributed by atoms with Crippen LogP contribution in [0.5, 0.6) is 0 Å². The van der Waals surface area contributed by atoms with Crippen LogP contribution in [0.2, 0.25) is 0 Å². The van der Waals surface area contributed by atoms with Crippen LogP contribution in [0.4, 0.5) is 9.80 Å². The number of urea groups is 1. The summed E-state index contributed by atoms with van der Waals surface area (Å²) in [5.74, 6) is 0.183. The van der Waals surface area contributed by atoms with E-state index >= 15 is 0 Å². The fraction of sp³-hybridized carbons (Fsp3) is 0.391. The first-order valence-electron chi connectivity index (χ1n) is 11.8. The third-order valence-electron chi connectivity index (χ3n) is 6.39. The predicted octanol–water partition coefficient (Wildman–Crippen LogP) is 1.30. The first kappa shape index (κ1) is 23.9. The summed E-state index contributed by atoms with van der Waals surface area (Å²) in [6.45, 7) is 3.62. The normalized spacial score (nSPS) is 16.8. The summed E-state index contributed by atoms with van der Waals surface area (Å²) in [7, 11) is 0. The standard InChI is InChI=1S/C23H27N9O3S/c1-2-25-22(35)27-19-18(15-5-3-4-6-16(15)36-19)20(33)31-9-7-23(8-10-31)21(34)26-17(28-23)13-32-12-14(11-24)29-30-32/h3-6,12H,2,7-11,13,24H2,1H3,(H2,25,27,35)(H,26,28,34). The van der Waals surface area contributed by atoms with E-state index in [1.807, 2.05) is 31.2 Å². The first-order valence-corrected chi connectivity index (χ1v) is 12.6. The number of nitrogens with one attached hydrogen (secondary N) is 3. The quantitative estimate of drug-likeness (QED) is 0.392. The van der Waals surface area contributed by atoms with Gasteiger partial charge in [0.2, 0.25) is 0 Å². The van der Waals surface area contributed by atoms with Crippen LogP contribution in [0.3, 0.4) is 0 Å². The molecule has 1 spiro atoms. The number of hydrogen-bond acceptors (Lipinski definition) is 8. The van der Waals surface area contributed by atoms with E-state index in [9.17, 15) is 14.4 Å². The number of piperidine rings is 1. The monoisotopic (exact) mass is 509 g/mol. The molecule has 0 radical (unpaired) electrons. The Bertz CT molecular complexity index is 1350. The first-order chi connectivity index (χ1) is 17.4. The van der Waals surface area contributed by atoms with Gasteiger partial charge in [-0.1, -0.05) is 23.4 Å². The molecule has 1 saturated heterocycles. The maximum Gasteiger partial charge on any atom is 0.319 e. The van der Waals surface area contributed by atoms with Crippen molar-refractivity contribution >= 4 is 50.1 Å². The zero-order valence-electron chi connectivity index (χ0n) is 19.8. The number of nitrogens with zero attached hydrogens (tertiary/aromatic N) is 5. The Labute approximate surface area is 210 Å². The lowest BCUT2D eigenvalue weighted by molar-refractivity contribution is -0.125. The lowest BCUT2D eigenvalue weighted by Crippen LogP contribution is -2.50. The Balaban J connectivity index is 1.32. The molecule has 2 aliphatic heterocycles. The fourth-order valence-corrected chi connectivity index (χ4v) is 5.64. The molecule has 188 valence electrons. The molecule has 3 aromatic rings. The molecule has 2 aliphatic rings. The Morgan fingerprint density at radius 1 is 1.25 bits per heavy atom. The van der Waals surface area contributed by atoms with E-state index in [1.54, 1.807) is 15.8 Å². The molecule has 1 aromatic carbocycles. The van der Waals surface area contributed by atoms with Gasteiger partial charge in [0.15, 0.2) is 0 Å². The Hall–Kier alpha value is -3.84. The Kier molecular flexibility index (Phi) is 6.41. The van der Waals surface area contributed by atoms with Gasteiger partial charge in [0.25, 0.3) is 11.8 Å². The Morgan fingerprint density at radius 3 is 2.75 bits per heavy atom. The van der Waals surface area contributed by atoms with Crippen molar-refractivity contribution in [1.82, 2.24) is 30.5 Å². The Morgan fingerprint density at radius 2 is 2.03 bits per heavy atom. The van der Waals surface area contributed by atoms with E-state index in [0.29, 0.717) is 61.1 Å². The van der Waals surface area contributed by atoms with Crippen molar-refractivity contribution in [3.05, 3.63) is 41.7 Å². The molecule has 4 amide bonds. The number of carbonyl (C=O) groups excluding carboxylic acids is 3. The number of aliphatic imine (C=N–C) groups is 1. The second-order valence-corrected chi connectivity index (χ2v) is 9.79. The number of rotatable bonds is 6. The highest BCUT2D eigenvalue weighted by atomic mass is 32.1. The molecule has 0 atom stereocenters. The smallest absolute Gasteiger partial charge is 0.319 e. The third-order valence-corrected chi connectivity index (χ3v) is 7.47. The summed E-state index contributed by atoms with van der Waals surface area (Å²) < 4.78 is 2.50. The van der Waals surface area contributed by atoms with Gasteiger partial charge < -0.3 is 21.3 Å². The maximum atomic E-state index is 13.7. The fourth-order valence-electron chi connectivity index (χ4n) is 4.55. The highest BCUT2D eigenvalue weighted by Gasteiger charge is 2.46. The van der Waals surface area contributed by atoms with Crippen molar-refractivity contribution in [2.24, 2.45) is 10.7 Å². The lowest BCUT2D eigenvalue weighted by atomic mass is 9.87. The number of likely N-dealkylation sites (tertiary alicyclic amines) is 1. The van der Waals surface area contributed by atoms with Gasteiger partial charge in [-0.15, -0.1) is 16.4 Å². The zero-order valence-corrected chi connectivity index (χ0v) is 20.6. The van der Waals surface area contributed by atoms with Crippen molar-refractivity contribution in [3.8, 4) is 0 Å². The molecule has 5 rings (SSSR count). The van der Waals surface area contributed by atoms with Crippen LogP contribution in [-0.4, -0.2) is 68.7 Å². The summed E-state index contributed by atoms with van der Waals surface area (Å²) in [6.07, 6.45) is 2.53. The van der Waals surface area contributed by atoms with Gasteiger partial charge in [0, 0.05) is 36.3 Å². The average Bonchev–Trinajstić information content (AvgIpc) is 3.55. The summed E-state index contributed by atoms with van der Waals surface area (Å²) in [5, 5.41) is 17.7. The SMILES string of the molecule is CCNC(=O)Nc1sc2ccccc2c1C(=O)N1CCC2(CC1)N=C(Cn1cc(CN)nn1)NC2=O. The number of anilines is 1. The van der Waals surface area contributed by atoms with Gasteiger partial charge in [0.1, 0.15) is 22.9 Å². The molecule has 13 heteroatoms. The minimum absolute atomic E-state index is 0.164. The zero-order chi connectivity index (χ0) is 25.3. The van der Waals surface area contributed by atoms with Crippen LogP contribution in [0, 0.1) is 0 Å². The van der Waals surface area contributed by atoms with Gasteiger partial charge in [-0.3, -0.25) is 19.9 Å². The van der Waals surface area contributed by atoms with Crippen LogP contribution >= 0.6 is 11.3 Å². The maximum absolute atomic E-state index is 13.7. The molecule has 4 heterocycles. The number of thiophene rings is 1. The van der Waals surface area contributed by atoms with Gasteiger partial charge in [-0.25, -0.2) is 9.48 Å².